The number of hydrogen-bond donors (Lipinski definition) is 1. The molecule has 8 heteroatoms. The van der Waals surface area contributed by atoms with Crippen molar-refractivity contribution in [1.29, 1.82) is 0 Å². The van der Waals surface area contributed by atoms with E-state index in [1.165, 1.54) is 30.9 Å². The third kappa shape index (κ3) is 2.02. The summed E-state index contributed by atoms with van der Waals surface area (Å²) in [7, 11) is 2.80. The molecule has 0 aromatic rings. The first-order valence-electron chi connectivity index (χ1n) is 7.57. The van der Waals surface area contributed by atoms with Gasteiger partial charge in [0, 0.05) is 30.2 Å². The molecular weight excluding hydrogens is 316 g/mol. The second-order valence-electron chi connectivity index (χ2n) is 6.12. The Morgan fingerprint density at radius 3 is 2.46 bits per heavy atom. The Bertz CT molecular complexity index is 735. The van der Waals surface area contributed by atoms with Crippen LogP contribution in [0.2, 0.25) is 0 Å². The maximum Gasteiger partial charge on any atom is 0.245 e. The van der Waals surface area contributed by atoms with Gasteiger partial charge in [0.1, 0.15) is 6.04 Å². The van der Waals surface area contributed by atoms with E-state index in [1.54, 1.807) is 0 Å². The van der Waals surface area contributed by atoms with Crippen molar-refractivity contribution in [2.24, 2.45) is 0 Å². The van der Waals surface area contributed by atoms with Crippen LogP contribution in [0.3, 0.4) is 0 Å². The first-order valence-corrected chi connectivity index (χ1v) is 7.57. The summed E-state index contributed by atoms with van der Waals surface area (Å²) in [6, 6.07) is -1.89. The third-order valence-corrected chi connectivity index (χ3v) is 4.83. The summed E-state index contributed by atoms with van der Waals surface area (Å²) >= 11 is 0. The minimum atomic E-state index is -1.02. The number of fused-ring (bicyclic) bond motifs is 1. The first-order chi connectivity index (χ1) is 11.3. The molecule has 8 nitrogen and oxygen atoms in total. The van der Waals surface area contributed by atoms with Gasteiger partial charge in [-0.15, -0.1) is 0 Å². The van der Waals surface area contributed by atoms with Crippen molar-refractivity contribution in [2.75, 3.05) is 27.3 Å². The molecule has 2 aliphatic heterocycles. The lowest BCUT2D eigenvalue weighted by Gasteiger charge is -2.47. The van der Waals surface area contributed by atoms with Crippen LogP contribution in [0, 0.1) is 0 Å². The Balaban J connectivity index is 2.15. The summed E-state index contributed by atoms with van der Waals surface area (Å²) in [6.07, 6.45) is -0.0281. The van der Waals surface area contributed by atoms with Gasteiger partial charge in [-0.05, 0) is 6.92 Å². The van der Waals surface area contributed by atoms with Crippen LogP contribution >= 0.6 is 0 Å². The van der Waals surface area contributed by atoms with Gasteiger partial charge in [-0.2, -0.15) is 0 Å². The standard InChI is InChI=1S/C16H18N2O6/c1-7-13(21)8-4-9-16(23)17(2)5-11(20)18(9)10(6-19)12(8)14(22)15(7)24-3/h9-10,19H,4-6H2,1-3H3/t9-,10-/m0/s1. The monoisotopic (exact) mass is 334 g/mol. The summed E-state index contributed by atoms with van der Waals surface area (Å²) in [5.74, 6) is -1.64. The molecule has 1 saturated heterocycles. The van der Waals surface area contributed by atoms with Crippen LogP contribution in [-0.2, 0) is 23.9 Å². The van der Waals surface area contributed by atoms with Crippen LogP contribution in [0.15, 0.2) is 22.5 Å². The Kier molecular flexibility index (Phi) is 3.79. The molecule has 1 N–H and O–H groups in total. The van der Waals surface area contributed by atoms with Gasteiger partial charge in [-0.3, -0.25) is 19.2 Å². The molecule has 0 bridgehead atoms. The van der Waals surface area contributed by atoms with Gasteiger partial charge in [0.05, 0.1) is 26.3 Å². The normalized spacial score (nSPS) is 27.7. The highest BCUT2D eigenvalue weighted by Crippen LogP contribution is 2.38. The summed E-state index contributed by atoms with van der Waals surface area (Å²) in [5, 5.41) is 9.79. The van der Waals surface area contributed by atoms with Gasteiger partial charge >= 0.3 is 0 Å². The molecule has 0 unspecified atom stereocenters. The van der Waals surface area contributed by atoms with Crippen LogP contribution in [-0.4, -0.2) is 77.7 Å². The summed E-state index contributed by atoms with van der Waals surface area (Å²) in [5.41, 5.74) is 0.427. The number of hydrogen-bond acceptors (Lipinski definition) is 6. The highest BCUT2D eigenvalue weighted by Gasteiger charge is 2.51. The van der Waals surface area contributed by atoms with Crippen molar-refractivity contribution in [3.8, 4) is 0 Å². The number of carbonyl (C=O) groups is 4. The fraction of sp³-hybridized carbons (Fsp3) is 0.500. The molecule has 0 saturated carbocycles. The largest absolute Gasteiger partial charge is 0.492 e. The zero-order valence-electron chi connectivity index (χ0n) is 13.7. The number of Topliss-reactive ketones (excluding diaryl/α,β-unsaturated/α-hetero) is 2. The molecule has 2 amide bonds. The number of methoxy groups -OCH3 is 1. The van der Waals surface area contributed by atoms with Crippen molar-refractivity contribution in [1.82, 2.24) is 9.80 Å². The average molecular weight is 334 g/mol. The molecule has 1 fully saturated rings. The number of aliphatic hydroxyl groups excluding tert-OH is 1. The summed E-state index contributed by atoms with van der Waals surface area (Å²) in [6.45, 7) is 0.818. The number of carbonyl (C=O) groups excluding carboxylic acids is 4. The minimum Gasteiger partial charge on any atom is -0.492 e. The number of amides is 2. The first kappa shape index (κ1) is 16.4. The lowest BCUT2D eigenvalue weighted by Crippen LogP contribution is -2.65. The van der Waals surface area contributed by atoms with Gasteiger partial charge in [0.25, 0.3) is 0 Å². The number of nitrogens with zero attached hydrogens (tertiary/aromatic N) is 2. The zero-order chi connectivity index (χ0) is 17.8. The number of piperazine rings is 1. The van der Waals surface area contributed by atoms with Crippen molar-refractivity contribution in [3.05, 3.63) is 22.5 Å². The van der Waals surface area contributed by atoms with Crippen LogP contribution in [0.5, 0.6) is 0 Å². The van der Waals surface area contributed by atoms with Crippen molar-refractivity contribution in [3.63, 3.8) is 0 Å². The molecule has 3 rings (SSSR count). The predicted molar refractivity (Wildman–Crippen MR) is 80.5 cm³/mol. The number of ketones is 2. The fourth-order valence-electron chi connectivity index (χ4n) is 3.68. The van der Waals surface area contributed by atoms with Crippen molar-refractivity contribution in [2.45, 2.75) is 25.4 Å². The van der Waals surface area contributed by atoms with Gasteiger partial charge < -0.3 is 19.6 Å². The lowest BCUT2D eigenvalue weighted by atomic mass is 9.77. The van der Waals surface area contributed by atoms with Crippen LogP contribution in [0.25, 0.3) is 0 Å². The molecular formula is C16H18N2O6. The SMILES string of the molecule is COC1=C(C)C(=O)C2=C(C1=O)[C@H](CO)N1C(=O)CN(C)C(=O)[C@@H]1C2. The third-order valence-electron chi connectivity index (χ3n) is 4.83. The topological polar surface area (TPSA) is 104 Å². The fourth-order valence-corrected chi connectivity index (χ4v) is 3.68. The van der Waals surface area contributed by atoms with Gasteiger partial charge in [-0.25, -0.2) is 0 Å². The molecule has 0 spiro atoms. The molecule has 0 aromatic heterocycles. The van der Waals surface area contributed by atoms with Gasteiger partial charge in [-0.1, -0.05) is 0 Å². The second-order valence-corrected chi connectivity index (χ2v) is 6.12. The molecule has 0 radical (unpaired) electrons. The Morgan fingerprint density at radius 1 is 1.21 bits per heavy atom. The Labute approximate surface area is 138 Å². The molecule has 0 aromatic carbocycles. The smallest absolute Gasteiger partial charge is 0.245 e. The van der Waals surface area contributed by atoms with Gasteiger partial charge in [0.15, 0.2) is 11.5 Å². The summed E-state index contributed by atoms with van der Waals surface area (Å²) in [4.78, 5) is 52.7. The van der Waals surface area contributed by atoms with Gasteiger partial charge in [0.2, 0.25) is 17.6 Å². The number of aliphatic hydroxyl groups is 1. The number of rotatable bonds is 2. The zero-order valence-corrected chi connectivity index (χ0v) is 13.7. The average Bonchev–Trinajstić information content (AvgIpc) is 2.56. The highest BCUT2D eigenvalue weighted by atomic mass is 16.5. The van der Waals surface area contributed by atoms with Crippen molar-refractivity contribution < 1.29 is 29.0 Å². The molecule has 3 aliphatic rings. The predicted octanol–water partition coefficient (Wildman–Crippen LogP) is -1.21. The molecule has 1 aliphatic carbocycles. The van der Waals surface area contributed by atoms with E-state index in [0.29, 0.717) is 0 Å². The van der Waals surface area contributed by atoms with E-state index in [0.717, 1.165) is 0 Å². The van der Waals surface area contributed by atoms with E-state index in [2.05, 4.69) is 0 Å². The van der Waals surface area contributed by atoms with E-state index in [4.69, 9.17) is 4.74 Å². The van der Waals surface area contributed by atoms with Crippen molar-refractivity contribution >= 4 is 23.4 Å². The number of likely N-dealkylation sites (N-methyl/N-ethyl adjacent to an activating group) is 1. The van der Waals surface area contributed by atoms with E-state index in [-0.39, 0.29) is 53.0 Å². The van der Waals surface area contributed by atoms with E-state index >= 15 is 0 Å². The minimum absolute atomic E-state index is 0.0281. The molecule has 128 valence electrons. The second kappa shape index (κ2) is 5.55. The Morgan fingerprint density at radius 2 is 1.88 bits per heavy atom. The number of allylic oxidation sites excluding steroid dienone is 2. The van der Waals surface area contributed by atoms with Crippen LogP contribution in [0.1, 0.15) is 13.3 Å². The summed E-state index contributed by atoms with van der Waals surface area (Å²) < 4.78 is 5.04. The quantitative estimate of drug-likeness (QED) is 0.636. The van der Waals surface area contributed by atoms with Crippen LogP contribution in [0.4, 0.5) is 0 Å². The maximum atomic E-state index is 12.7. The van der Waals surface area contributed by atoms with E-state index in [1.807, 2.05) is 0 Å². The molecule has 24 heavy (non-hydrogen) atoms. The van der Waals surface area contributed by atoms with E-state index < -0.39 is 24.5 Å². The number of ether oxygens (including phenoxy) is 1. The Hall–Kier alpha value is -2.48. The van der Waals surface area contributed by atoms with Crippen LogP contribution < -0.4 is 0 Å². The molecule has 2 heterocycles. The molecule has 2 atom stereocenters. The highest BCUT2D eigenvalue weighted by molar-refractivity contribution is 6.25. The maximum absolute atomic E-state index is 12.7. The lowest BCUT2D eigenvalue weighted by molar-refractivity contribution is -0.158. The van der Waals surface area contributed by atoms with E-state index in [9.17, 15) is 24.3 Å².